The lowest BCUT2D eigenvalue weighted by molar-refractivity contribution is -0.120. The van der Waals surface area contributed by atoms with E-state index in [-0.39, 0.29) is 11.8 Å². The van der Waals surface area contributed by atoms with E-state index in [1.807, 2.05) is 96.1 Å². The van der Waals surface area contributed by atoms with Gasteiger partial charge in [-0.25, -0.2) is 4.90 Å². The lowest BCUT2D eigenvalue weighted by Crippen LogP contribution is -2.32. The number of hydrogen-bond acceptors (Lipinski definition) is 3. The molecule has 1 N–H and O–H groups in total. The molecule has 4 rings (SSSR count). The van der Waals surface area contributed by atoms with Crippen molar-refractivity contribution < 1.29 is 9.59 Å². The molecule has 0 fully saturated rings. The van der Waals surface area contributed by atoms with Gasteiger partial charge in [0, 0.05) is 5.69 Å². The zero-order valence-electron chi connectivity index (χ0n) is 19.5. The van der Waals surface area contributed by atoms with E-state index < -0.39 is 0 Å². The van der Waals surface area contributed by atoms with Crippen LogP contribution < -0.4 is 10.2 Å². The van der Waals surface area contributed by atoms with E-state index >= 15 is 0 Å². The summed E-state index contributed by atoms with van der Waals surface area (Å²) in [6.07, 6.45) is 0. The summed E-state index contributed by atoms with van der Waals surface area (Å²) in [7, 11) is 0. The molecule has 1 heterocycles. The Morgan fingerprint density at radius 1 is 0.625 bits per heavy atom. The molecule has 2 amide bonds. The number of rotatable bonds is 4. The van der Waals surface area contributed by atoms with Crippen LogP contribution in [-0.2, 0) is 9.59 Å². The topological polar surface area (TPSA) is 49.4 Å². The van der Waals surface area contributed by atoms with E-state index in [2.05, 4.69) is 5.32 Å². The first kappa shape index (κ1) is 21.6. The van der Waals surface area contributed by atoms with Crippen molar-refractivity contribution in [3.05, 3.63) is 99.2 Å². The highest BCUT2D eigenvalue weighted by atomic mass is 16.2. The Kier molecular flexibility index (Phi) is 5.47. The van der Waals surface area contributed by atoms with Crippen LogP contribution >= 0.6 is 0 Å². The number of amides is 2. The molecule has 0 spiro atoms. The quantitative estimate of drug-likeness (QED) is 0.528. The first-order chi connectivity index (χ1) is 15.2. The van der Waals surface area contributed by atoms with Crippen molar-refractivity contribution >= 4 is 28.8 Å². The maximum atomic E-state index is 13.7. The Balaban J connectivity index is 1.89. The normalized spacial score (nSPS) is 13.9. The summed E-state index contributed by atoms with van der Waals surface area (Å²) in [6.45, 7) is 12.0. The van der Waals surface area contributed by atoms with Crippen molar-refractivity contribution in [2.24, 2.45) is 0 Å². The second-order valence-corrected chi connectivity index (χ2v) is 8.78. The van der Waals surface area contributed by atoms with Gasteiger partial charge >= 0.3 is 0 Å². The van der Waals surface area contributed by atoms with Gasteiger partial charge < -0.3 is 5.32 Å². The number of carbonyl (C=O) groups is 2. The number of aryl methyl sites for hydroxylation is 6. The van der Waals surface area contributed by atoms with Crippen LogP contribution in [-0.4, -0.2) is 11.8 Å². The molecule has 0 saturated heterocycles. The van der Waals surface area contributed by atoms with Gasteiger partial charge in [0.25, 0.3) is 11.8 Å². The lowest BCUT2D eigenvalue weighted by atomic mass is 9.99. The van der Waals surface area contributed by atoms with Crippen molar-refractivity contribution in [2.45, 2.75) is 41.5 Å². The number of nitrogens with one attached hydrogen (secondary N) is 1. The highest BCUT2D eigenvalue weighted by Crippen LogP contribution is 2.35. The minimum atomic E-state index is -0.339. The molecular formula is C28H28N2O2. The average molecular weight is 425 g/mol. The molecule has 0 aliphatic carbocycles. The van der Waals surface area contributed by atoms with Crippen molar-refractivity contribution in [2.75, 3.05) is 10.2 Å². The van der Waals surface area contributed by atoms with E-state index in [0.29, 0.717) is 17.0 Å². The molecule has 0 radical (unpaired) electrons. The van der Waals surface area contributed by atoms with Crippen molar-refractivity contribution in [1.82, 2.24) is 0 Å². The molecule has 1 aliphatic rings. The molecule has 32 heavy (non-hydrogen) atoms. The minimum Gasteiger partial charge on any atom is -0.350 e. The molecule has 0 saturated carbocycles. The van der Waals surface area contributed by atoms with Gasteiger partial charge in [-0.15, -0.1) is 0 Å². The van der Waals surface area contributed by atoms with Crippen LogP contribution in [0.1, 0.15) is 38.9 Å². The molecule has 4 heteroatoms. The molecule has 0 atom stereocenters. The third kappa shape index (κ3) is 3.84. The smallest absolute Gasteiger partial charge is 0.282 e. The Bertz CT molecular complexity index is 1280. The molecule has 0 aromatic heterocycles. The number of benzene rings is 3. The molecular weight excluding hydrogens is 396 g/mol. The van der Waals surface area contributed by atoms with Crippen LogP contribution in [0.2, 0.25) is 0 Å². The first-order valence-corrected chi connectivity index (χ1v) is 10.8. The van der Waals surface area contributed by atoms with Crippen LogP contribution in [0.25, 0.3) is 5.57 Å². The molecule has 1 aliphatic heterocycles. The Labute approximate surface area is 189 Å². The molecule has 162 valence electrons. The van der Waals surface area contributed by atoms with E-state index in [0.717, 1.165) is 44.6 Å². The Hall–Kier alpha value is -3.66. The van der Waals surface area contributed by atoms with Gasteiger partial charge in [-0.1, -0.05) is 36.4 Å². The van der Waals surface area contributed by atoms with Gasteiger partial charge in [-0.2, -0.15) is 0 Å². The number of hydrogen-bond donors (Lipinski definition) is 1. The van der Waals surface area contributed by atoms with Crippen LogP contribution in [0.3, 0.4) is 0 Å². The van der Waals surface area contributed by atoms with Crippen molar-refractivity contribution in [3.63, 3.8) is 0 Å². The highest BCUT2D eigenvalue weighted by Gasteiger charge is 2.40. The van der Waals surface area contributed by atoms with E-state index in [1.165, 1.54) is 4.90 Å². The second kappa shape index (κ2) is 8.12. The van der Waals surface area contributed by atoms with Gasteiger partial charge in [-0.05, 0) is 98.7 Å². The van der Waals surface area contributed by atoms with Gasteiger partial charge in [0.2, 0.25) is 0 Å². The lowest BCUT2D eigenvalue weighted by Gasteiger charge is -2.17. The number of nitrogens with zero attached hydrogens (tertiary/aromatic N) is 1. The van der Waals surface area contributed by atoms with Crippen LogP contribution in [0.15, 0.2) is 60.3 Å². The van der Waals surface area contributed by atoms with Crippen molar-refractivity contribution in [1.29, 1.82) is 0 Å². The van der Waals surface area contributed by atoms with Crippen LogP contribution in [0.4, 0.5) is 11.4 Å². The summed E-state index contributed by atoms with van der Waals surface area (Å²) >= 11 is 0. The van der Waals surface area contributed by atoms with Gasteiger partial charge in [0.15, 0.2) is 0 Å². The summed E-state index contributed by atoms with van der Waals surface area (Å²) in [4.78, 5) is 28.6. The van der Waals surface area contributed by atoms with Gasteiger partial charge in [0.05, 0.1) is 11.3 Å². The van der Waals surface area contributed by atoms with E-state index in [4.69, 9.17) is 0 Å². The first-order valence-electron chi connectivity index (χ1n) is 10.8. The predicted octanol–water partition coefficient (Wildman–Crippen LogP) is 5.93. The molecule has 0 bridgehead atoms. The van der Waals surface area contributed by atoms with Gasteiger partial charge in [-0.3, -0.25) is 9.59 Å². The van der Waals surface area contributed by atoms with E-state index in [1.54, 1.807) is 0 Å². The summed E-state index contributed by atoms with van der Waals surface area (Å²) in [5.41, 5.74) is 9.18. The maximum absolute atomic E-state index is 13.7. The standard InChI is InChI=1S/C28H28N2O2/c1-16-7-8-20(5)24(14-16)29-26-25(22-10-9-19(4)21(6)15-22)27(31)30(28(26)32)23-12-17(2)11-18(3)13-23/h7-15,29H,1-6H3. The fourth-order valence-corrected chi connectivity index (χ4v) is 4.13. The number of carbonyl (C=O) groups excluding carboxylic acids is 2. The fourth-order valence-electron chi connectivity index (χ4n) is 4.13. The molecule has 3 aromatic carbocycles. The number of imide groups is 1. The number of anilines is 2. The minimum absolute atomic E-state index is 0.309. The highest BCUT2D eigenvalue weighted by molar-refractivity contribution is 6.46. The third-order valence-corrected chi connectivity index (χ3v) is 6.00. The SMILES string of the molecule is Cc1cc(C)cc(N2C(=O)C(Nc3cc(C)ccc3C)=C(c3ccc(C)c(C)c3)C2=O)c1. The Morgan fingerprint density at radius 3 is 1.94 bits per heavy atom. The summed E-state index contributed by atoms with van der Waals surface area (Å²) in [6, 6.07) is 17.7. The molecule has 3 aromatic rings. The monoisotopic (exact) mass is 424 g/mol. The average Bonchev–Trinajstić information content (AvgIpc) is 2.96. The Morgan fingerprint density at radius 2 is 1.28 bits per heavy atom. The second-order valence-electron chi connectivity index (χ2n) is 8.78. The van der Waals surface area contributed by atoms with Crippen molar-refractivity contribution in [3.8, 4) is 0 Å². The zero-order valence-corrected chi connectivity index (χ0v) is 19.5. The summed E-state index contributed by atoms with van der Waals surface area (Å²) in [5, 5.41) is 3.31. The third-order valence-electron chi connectivity index (χ3n) is 6.00. The van der Waals surface area contributed by atoms with E-state index in [9.17, 15) is 9.59 Å². The predicted molar refractivity (Wildman–Crippen MR) is 131 cm³/mol. The molecule has 0 unspecified atom stereocenters. The molecule has 4 nitrogen and oxygen atoms in total. The van der Waals surface area contributed by atoms with Gasteiger partial charge in [0.1, 0.15) is 5.70 Å². The maximum Gasteiger partial charge on any atom is 0.282 e. The zero-order chi connectivity index (χ0) is 23.2. The fraction of sp³-hybridized carbons (Fsp3) is 0.214. The largest absolute Gasteiger partial charge is 0.350 e. The summed E-state index contributed by atoms with van der Waals surface area (Å²) < 4.78 is 0. The summed E-state index contributed by atoms with van der Waals surface area (Å²) in [5.74, 6) is -0.648. The van der Waals surface area contributed by atoms with Crippen LogP contribution in [0.5, 0.6) is 0 Å². The van der Waals surface area contributed by atoms with Crippen LogP contribution in [0, 0.1) is 41.5 Å².